The lowest BCUT2D eigenvalue weighted by Gasteiger charge is -2.13. The first-order valence-corrected chi connectivity index (χ1v) is 7.93. The molecular formula is C19H26IN3O. The number of nitrogens with zero attached hydrogens (tertiary/aromatic N) is 1. The number of nitrogens with one attached hydrogen (secondary N) is 2. The van der Waals surface area contributed by atoms with Crippen LogP contribution in [0.5, 0.6) is 5.75 Å². The van der Waals surface area contributed by atoms with Gasteiger partial charge in [-0.15, -0.1) is 24.0 Å². The van der Waals surface area contributed by atoms with Gasteiger partial charge in [-0.25, -0.2) is 0 Å². The van der Waals surface area contributed by atoms with Gasteiger partial charge in [0.05, 0.1) is 6.61 Å². The van der Waals surface area contributed by atoms with Crippen LogP contribution in [-0.4, -0.2) is 19.6 Å². The summed E-state index contributed by atoms with van der Waals surface area (Å²) in [6.45, 7) is 6.22. The predicted octanol–water partition coefficient (Wildman–Crippen LogP) is 3.88. The smallest absolute Gasteiger partial charge is 0.191 e. The second-order valence-corrected chi connectivity index (χ2v) is 5.35. The highest BCUT2D eigenvalue weighted by Gasteiger charge is 2.01. The molecule has 24 heavy (non-hydrogen) atoms. The molecule has 0 saturated heterocycles. The van der Waals surface area contributed by atoms with E-state index in [9.17, 15) is 0 Å². The highest BCUT2D eigenvalue weighted by atomic mass is 127. The minimum atomic E-state index is 0. The van der Waals surface area contributed by atoms with E-state index in [4.69, 9.17) is 4.74 Å². The number of hydrogen-bond donors (Lipinski definition) is 2. The van der Waals surface area contributed by atoms with Crippen molar-refractivity contribution in [3.63, 3.8) is 0 Å². The van der Waals surface area contributed by atoms with Gasteiger partial charge in [0, 0.05) is 20.1 Å². The zero-order chi connectivity index (χ0) is 16.5. The van der Waals surface area contributed by atoms with Crippen LogP contribution in [0.4, 0.5) is 0 Å². The first-order chi connectivity index (χ1) is 11.2. The lowest BCUT2D eigenvalue weighted by atomic mass is 10.1. The van der Waals surface area contributed by atoms with Gasteiger partial charge in [0.2, 0.25) is 0 Å². The quantitative estimate of drug-likeness (QED) is 0.408. The van der Waals surface area contributed by atoms with Crippen LogP contribution in [0.3, 0.4) is 0 Å². The Kier molecular flexibility index (Phi) is 9.22. The predicted molar refractivity (Wildman–Crippen MR) is 111 cm³/mol. The Morgan fingerprint density at radius 2 is 1.62 bits per heavy atom. The Labute approximate surface area is 161 Å². The molecule has 0 fully saturated rings. The minimum Gasteiger partial charge on any atom is -0.494 e. The molecule has 5 heteroatoms. The number of rotatable bonds is 6. The van der Waals surface area contributed by atoms with Crippen molar-refractivity contribution in [2.75, 3.05) is 13.7 Å². The lowest BCUT2D eigenvalue weighted by molar-refractivity contribution is 0.340. The molecule has 0 radical (unpaired) electrons. The summed E-state index contributed by atoms with van der Waals surface area (Å²) in [7, 11) is 1.78. The van der Waals surface area contributed by atoms with Gasteiger partial charge in [-0.05, 0) is 37.1 Å². The summed E-state index contributed by atoms with van der Waals surface area (Å²) < 4.78 is 5.52. The Morgan fingerprint density at radius 1 is 1.00 bits per heavy atom. The molecule has 0 aliphatic rings. The minimum absolute atomic E-state index is 0. The van der Waals surface area contributed by atoms with Crippen LogP contribution in [0.25, 0.3) is 0 Å². The van der Waals surface area contributed by atoms with Gasteiger partial charge in [-0.2, -0.15) is 0 Å². The standard InChI is InChI=1S/C19H25N3O.HI/c1-4-23-18-10-6-9-17(12-18)14-22-19(20-3)21-13-16-8-5-7-15(2)11-16;/h5-12H,4,13-14H2,1-3H3,(H2,20,21,22);1H. The van der Waals surface area contributed by atoms with Crippen LogP contribution >= 0.6 is 24.0 Å². The van der Waals surface area contributed by atoms with E-state index in [1.54, 1.807) is 7.05 Å². The van der Waals surface area contributed by atoms with Gasteiger partial charge < -0.3 is 15.4 Å². The van der Waals surface area contributed by atoms with Crippen molar-refractivity contribution in [1.29, 1.82) is 0 Å². The largest absolute Gasteiger partial charge is 0.494 e. The summed E-state index contributed by atoms with van der Waals surface area (Å²) in [5.41, 5.74) is 3.67. The third kappa shape index (κ3) is 6.78. The van der Waals surface area contributed by atoms with Crippen LogP contribution in [0, 0.1) is 6.92 Å². The van der Waals surface area contributed by atoms with Crippen LogP contribution in [-0.2, 0) is 13.1 Å². The van der Waals surface area contributed by atoms with Crippen molar-refractivity contribution >= 4 is 29.9 Å². The third-order valence-corrected chi connectivity index (χ3v) is 3.44. The number of aryl methyl sites for hydroxylation is 1. The number of halogens is 1. The molecule has 2 aromatic carbocycles. The second-order valence-electron chi connectivity index (χ2n) is 5.35. The summed E-state index contributed by atoms with van der Waals surface area (Å²) in [4.78, 5) is 4.26. The number of guanidine groups is 1. The first-order valence-electron chi connectivity index (χ1n) is 7.93. The van der Waals surface area contributed by atoms with Crippen molar-refractivity contribution in [1.82, 2.24) is 10.6 Å². The summed E-state index contributed by atoms with van der Waals surface area (Å²) >= 11 is 0. The molecule has 0 unspecified atom stereocenters. The summed E-state index contributed by atoms with van der Waals surface area (Å²) in [6.07, 6.45) is 0. The fourth-order valence-electron chi connectivity index (χ4n) is 2.33. The molecule has 0 aliphatic carbocycles. The Bertz CT molecular complexity index is 659. The van der Waals surface area contributed by atoms with Crippen LogP contribution in [0.2, 0.25) is 0 Å². The second kappa shape index (κ2) is 10.9. The third-order valence-electron chi connectivity index (χ3n) is 3.44. The monoisotopic (exact) mass is 439 g/mol. The van der Waals surface area contributed by atoms with Crippen LogP contribution in [0.15, 0.2) is 53.5 Å². The van der Waals surface area contributed by atoms with E-state index >= 15 is 0 Å². The summed E-state index contributed by atoms with van der Waals surface area (Å²) in [6, 6.07) is 16.5. The van der Waals surface area contributed by atoms with Gasteiger partial charge in [0.15, 0.2) is 5.96 Å². The van der Waals surface area contributed by atoms with Gasteiger partial charge >= 0.3 is 0 Å². The van der Waals surface area contributed by atoms with E-state index in [1.165, 1.54) is 11.1 Å². The van der Waals surface area contributed by atoms with Gasteiger partial charge in [-0.1, -0.05) is 42.0 Å². The number of benzene rings is 2. The zero-order valence-corrected chi connectivity index (χ0v) is 16.8. The van der Waals surface area contributed by atoms with Crippen LogP contribution < -0.4 is 15.4 Å². The molecule has 0 spiro atoms. The van der Waals surface area contributed by atoms with E-state index in [-0.39, 0.29) is 24.0 Å². The van der Waals surface area contributed by atoms with Crippen molar-refractivity contribution < 1.29 is 4.74 Å². The van der Waals surface area contributed by atoms with Gasteiger partial charge in [0.1, 0.15) is 5.75 Å². The summed E-state index contributed by atoms with van der Waals surface area (Å²) in [5, 5.41) is 6.65. The molecule has 0 aliphatic heterocycles. The van der Waals surface area contributed by atoms with E-state index in [2.05, 4.69) is 52.9 Å². The van der Waals surface area contributed by atoms with Gasteiger partial charge in [0.25, 0.3) is 0 Å². The molecule has 0 atom stereocenters. The Hall–Kier alpha value is -1.76. The number of ether oxygens (including phenoxy) is 1. The van der Waals surface area contributed by atoms with Crippen molar-refractivity contribution in [3.05, 3.63) is 65.2 Å². The molecule has 0 amide bonds. The van der Waals surface area contributed by atoms with E-state index in [1.807, 2.05) is 25.1 Å². The first kappa shape index (κ1) is 20.3. The highest BCUT2D eigenvalue weighted by molar-refractivity contribution is 14.0. The lowest BCUT2D eigenvalue weighted by Crippen LogP contribution is -2.36. The maximum Gasteiger partial charge on any atom is 0.191 e. The molecule has 0 aromatic heterocycles. The SMILES string of the molecule is CCOc1cccc(CNC(=NC)NCc2cccc(C)c2)c1.I. The fraction of sp³-hybridized carbons (Fsp3) is 0.316. The normalized spacial score (nSPS) is 10.7. The zero-order valence-electron chi connectivity index (χ0n) is 14.5. The molecule has 2 aromatic rings. The average Bonchev–Trinajstić information content (AvgIpc) is 2.56. The average molecular weight is 439 g/mol. The topological polar surface area (TPSA) is 45.6 Å². The molecule has 130 valence electrons. The summed E-state index contributed by atoms with van der Waals surface area (Å²) in [5.74, 6) is 1.68. The van der Waals surface area contributed by atoms with Crippen molar-refractivity contribution in [2.45, 2.75) is 26.9 Å². The molecule has 0 heterocycles. The van der Waals surface area contributed by atoms with E-state index in [0.717, 1.165) is 23.8 Å². The van der Waals surface area contributed by atoms with Crippen molar-refractivity contribution in [3.8, 4) is 5.75 Å². The van der Waals surface area contributed by atoms with Crippen LogP contribution in [0.1, 0.15) is 23.6 Å². The maximum atomic E-state index is 5.52. The molecule has 2 N–H and O–H groups in total. The Morgan fingerprint density at radius 3 is 2.21 bits per heavy atom. The molecule has 0 saturated carbocycles. The highest BCUT2D eigenvalue weighted by Crippen LogP contribution is 2.13. The fourth-order valence-corrected chi connectivity index (χ4v) is 2.33. The molecule has 2 rings (SSSR count). The molecule has 0 bridgehead atoms. The Balaban J connectivity index is 0.00000288. The number of hydrogen-bond acceptors (Lipinski definition) is 2. The number of aliphatic imine (C=N–C) groups is 1. The maximum absolute atomic E-state index is 5.52. The van der Waals surface area contributed by atoms with E-state index in [0.29, 0.717) is 13.2 Å². The van der Waals surface area contributed by atoms with Gasteiger partial charge in [-0.3, -0.25) is 4.99 Å². The van der Waals surface area contributed by atoms with E-state index < -0.39 is 0 Å². The van der Waals surface area contributed by atoms with Crippen molar-refractivity contribution in [2.24, 2.45) is 4.99 Å². The molecule has 4 nitrogen and oxygen atoms in total. The molecular weight excluding hydrogens is 413 g/mol.